The highest BCUT2D eigenvalue weighted by molar-refractivity contribution is 8.18. The van der Waals surface area contributed by atoms with Gasteiger partial charge in [-0.3, -0.25) is 9.59 Å². The number of methoxy groups -OCH3 is 2. The van der Waals surface area contributed by atoms with E-state index in [1.54, 1.807) is 18.2 Å². The molecular weight excluding hydrogens is 308 g/mol. The van der Waals surface area contributed by atoms with Crippen LogP contribution in [-0.2, 0) is 9.59 Å². The summed E-state index contributed by atoms with van der Waals surface area (Å²) in [7, 11) is 2.88. The molecule has 8 heteroatoms. The molecule has 0 spiro atoms. The van der Waals surface area contributed by atoms with E-state index in [4.69, 9.17) is 19.9 Å². The molecule has 1 amide bonds. The molecular formula is C14H14N2O5S. The van der Waals surface area contributed by atoms with Crippen molar-refractivity contribution in [2.24, 2.45) is 10.7 Å². The summed E-state index contributed by atoms with van der Waals surface area (Å²) in [6.07, 6.45) is 1.61. The van der Waals surface area contributed by atoms with Crippen LogP contribution in [0.4, 0.5) is 0 Å². The molecule has 1 aliphatic rings. The van der Waals surface area contributed by atoms with E-state index in [1.807, 2.05) is 0 Å². The molecule has 1 aromatic carbocycles. The second kappa shape index (κ2) is 6.52. The first-order chi connectivity index (χ1) is 10.4. The molecule has 0 aliphatic carbocycles. The average Bonchev–Trinajstić information content (AvgIpc) is 2.77. The smallest absolute Gasteiger partial charge is 0.308 e. The summed E-state index contributed by atoms with van der Waals surface area (Å²) in [6.45, 7) is 1.28. The van der Waals surface area contributed by atoms with Crippen LogP contribution < -0.4 is 19.9 Å². The highest BCUT2D eigenvalue weighted by atomic mass is 32.2. The Labute approximate surface area is 131 Å². The van der Waals surface area contributed by atoms with Gasteiger partial charge < -0.3 is 19.9 Å². The van der Waals surface area contributed by atoms with Crippen molar-refractivity contribution in [2.75, 3.05) is 14.2 Å². The van der Waals surface area contributed by atoms with Gasteiger partial charge in [0.25, 0.3) is 5.91 Å². The number of hydrogen-bond acceptors (Lipinski definition) is 7. The zero-order valence-electron chi connectivity index (χ0n) is 12.2. The lowest BCUT2D eigenvalue weighted by Crippen LogP contribution is -2.05. The van der Waals surface area contributed by atoms with Crippen molar-refractivity contribution >= 4 is 34.9 Å². The van der Waals surface area contributed by atoms with Gasteiger partial charge in [0.1, 0.15) is 0 Å². The second-order valence-electron chi connectivity index (χ2n) is 4.21. The van der Waals surface area contributed by atoms with Crippen molar-refractivity contribution in [3.63, 3.8) is 0 Å². The van der Waals surface area contributed by atoms with Gasteiger partial charge in [-0.2, -0.15) is 4.99 Å². The maximum absolute atomic E-state index is 11.6. The van der Waals surface area contributed by atoms with E-state index in [1.165, 1.54) is 21.1 Å². The Morgan fingerprint density at radius 1 is 1.27 bits per heavy atom. The van der Waals surface area contributed by atoms with Crippen molar-refractivity contribution < 1.29 is 23.8 Å². The predicted octanol–water partition coefficient (Wildman–Crippen LogP) is 1.56. The van der Waals surface area contributed by atoms with Gasteiger partial charge in [-0.15, -0.1) is 0 Å². The van der Waals surface area contributed by atoms with Crippen LogP contribution in [0.25, 0.3) is 6.08 Å². The topological polar surface area (TPSA) is 100 Å². The maximum atomic E-state index is 11.6. The normalized spacial score (nSPS) is 15.7. The van der Waals surface area contributed by atoms with Crippen LogP contribution in [0, 0.1) is 0 Å². The van der Waals surface area contributed by atoms with E-state index in [0.717, 1.165) is 11.8 Å². The molecule has 0 saturated carbocycles. The number of nitrogens with two attached hydrogens (primary N) is 1. The average molecular weight is 322 g/mol. The zero-order chi connectivity index (χ0) is 16.3. The number of hydrogen-bond donors (Lipinski definition) is 1. The number of ether oxygens (including phenoxy) is 3. The van der Waals surface area contributed by atoms with E-state index in [0.29, 0.717) is 22.0 Å². The summed E-state index contributed by atoms with van der Waals surface area (Å²) in [5, 5.41) is 0.201. The first kappa shape index (κ1) is 15.9. The van der Waals surface area contributed by atoms with E-state index in [-0.39, 0.29) is 10.9 Å². The Hall–Kier alpha value is -2.48. The number of carbonyl (C=O) groups is 2. The summed E-state index contributed by atoms with van der Waals surface area (Å²) in [4.78, 5) is 26.8. The van der Waals surface area contributed by atoms with Gasteiger partial charge in [-0.05, 0) is 35.5 Å². The van der Waals surface area contributed by atoms with Gasteiger partial charge in [0.15, 0.2) is 16.7 Å². The lowest BCUT2D eigenvalue weighted by atomic mass is 10.1. The predicted molar refractivity (Wildman–Crippen MR) is 83.1 cm³/mol. The minimum absolute atomic E-state index is 0.181. The summed E-state index contributed by atoms with van der Waals surface area (Å²) in [6, 6.07) is 3.24. The van der Waals surface area contributed by atoms with Gasteiger partial charge in [-0.1, -0.05) is 0 Å². The fraction of sp³-hybridized carbons (Fsp3) is 0.214. The van der Waals surface area contributed by atoms with Crippen LogP contribution in [0.15, 0.2) is 22.0 Å². The molecule has 22 heavy (non-hydrogen) atoms. The van der Waals surface area contributed by atoms with Crippen LogP contribution in [-0.4, -0.2) is 31.3 Å². The zero-order valence-corrected chi connectivity index (χ0v) is 13.0. The number of rotatable bonds is 4. The first-order valence-corrected chi connectivity index (χ1v) is 6.98. The van der Waals surface area contributed by atoms with Gasteiger partial charge >= 0.3 is 5.97 Å². The highest BCUT2D eigenvalue weighted by Crippen LogP contribution is 2.40. The Bertz CT molecular complexity index is 671. The summed E-state index contributed by atoms with van der Waals surface area (Å²) >= 11 is 1.08. The quantitative estimate of drug-likeness (QED) is 0.510. The van der Waals surface area contributed by atoms with E-state index >= 15 is 0 Å². The number of benzene rings is 1. The molecule has 0 atom stereocenters. The first-order valence-electron chi connectivity index (χ1n) is 6.17. The number of esters is 1. The fourth-order valence-electron chi connectivity index (χ4n) is 1.80. The van der Waals surface area contributed by atoms with Crippen LogP contribution in [0.2, 0.25) is 0 Å². The Morgan fingerprint density at radius 2 is 1.86 bits per heavy atom. The summed E-state index contributed by atoms with van der Waals surface area (Å²) in [5.41, 5.74) is 6.13. The molecule has 0 fully saturated rings. The number of amides is 1. The lowest BCUT2D eigenvalue weighted by Gasteiger charge is -2.13. The highest BCUT2D eigenvalue weighted by Gasteiger charge is 2.21. The minimum atomic E-state index is -0.495. The van der Waals surface area contributed by atoms with E-state index < -0.39 is 11.9 Å². The molecule has 1 heterocycles. The Morgan fingerprint density at radius 3 is 2.27 bits per heavy atom. The van der Waals surface area contributed by atoms with E-state index in [2.05, 4.69) is 4.99 Å². The standard InChI is InChI=1S/C14H14N2O5S/c1-7(17)21-12-9(19-2)4-8(5-10(12)20-3)6-11-13(18)16-14(15)22-11/h4-6H,1-3H3,(H2,15,16,18)/b11-6+. The lowest BCUT2D eigenvalue weighted by molar-refractivity contribution is -0.132. The van der Waals surface area contributed by atoms with Crippen molar-refractivity contribution in [3.05, 3.63) is 22.6 Å². The molecule has 1 aliphatic heterocycles. The summed E-state index contributed by atoms with van der Waals surface area (Å²) in [5.74, 6) is -0.0906. The van der Waals surface area contributed by atoms with Crippen molar-refractivity contribution in [1.82, 2.24) is 0 Å². The van der Waals surface area contributed by atoms with Gasteiger partial charge in [0, 0.05) is 6.92 Å². The van der Waals surface area contributed by atoms with Gasteiger partial charge in [0.05, 0.1) is 19.1 Å². The van der Waals surface area contributed by atoms with Gasteiger partial charge in [-0.25, -0.2) is 0 Å². The van der Waals surface area contributed by atoms with E-state index in [9.17, 15) is 9.59 Å². The molecule has 7 nitrogen and oxygen atoms in total. The molecule has 116 valence electrons. The largest absolute Gasteiger partial charge is 0.493 e. The molecule has 0 bridgehead atoms. The van der Waals surface area contributed by atoms with Crippen LogP contribution >= 0.6 is 11.8 Å². The second-order valence-corrected chi connectivity index (χ2v) is 5.28. The molecule has 2 rings (SSSR count). The van der Waals surface area contributed by atoms with Crippen LogP contribution in [0.1, 0.15) is 12.5 Å². The number of amidine groups is 1. The minimum Gasteiger partial charge on any atom is -0.493 e. The van der Waals surface area contributed by atoms with Crippen molar-refractivity contribution in [1.29, 1.82) is 0 Å². The molecule has 0 saturated heterocycles. The number of nitrogens with zero attached hydrogens (tertiary/aromatic N) is 1. The monoisotopic (exact) mass is 322 g/mol. The molecule has 1 aromatic rings. The molecule has 0 aromatic heterocycles. The van der Waals surface area contributed by atoms with Crippen molar-refractivity contribution in [3.8, 4) is 17.2 Å². The van der Waals surface area contributed by atoms with Crippen LogP contribution in [0.3, 0.4) is 0 Å². The Balaban J connectivity index is 2.44. The molecule has 2 N–H and O–H groups in total. The van der Waals surface area contributed by atoms with Crippen LogP contribution in [0.5, 0.6) is 17.2 Å². The third-order valence-electron chi connectivity index (χ3n) is 2.66. The number of carbonyl (C=O) groups excluding carboxylic acids is 2. The maximum Gasteiger partial charge on any atom is 0.308 e. The SMILES string of the molecule is COc1cc(/C=C2/SC(N)=NC2=O)cc(OC)c1OC(C)=O. The third-order valence-corrected chi connectivity index (χ3v) is 3.48. The summed E-state index contributed by atoms with van der Waals surface area (Å²) < 4.78 is 15.5. The number of aliphatic imine (C=N–C) groups is 1. The Kier molecular flexibility index (Phi) is 4.71. The molecule has 0 unspecified atom stereocenters. The van der Waals surface area contributed by atoms with Crippen molar-refractivity contribution in [2.45, 2.75) is 6.92 Å². The fourth-order valence-corrected chi connectivity index (χ4v) is 2.49. The van der Waals surface area contributed by atoms with Gasteiger partial charge in [0.2, 0.25) is 5.75 Å². The third kappa shape index (κ3) is 3.40. The molecule has 0 radical (unpaired) electrons. The number of thioether (sulfide) groups is 1.